The first-order valence-electron chi connectivity index (χ1n) is 8.19. The Morgan fingerprint density at radius 3 is 2.55 bits per heavy atom. The van der Waals surface area contributed by atoms with E-state index in [9.17, 15) is 0 Å². The second kappa shape index (κ2) is 9.62. The molecule has 2 rings (SSSR count). The van der Waals surface area contributed by atoms with Gasteiger partial charge in [0, 0.05) is 50.4 Å². The number of thioether (sulfide) groups is 1. The molecule has 4 nitrogen and oxygen atoms in total. The Hall–Kier alpha value is -1.36. The van der Waals surface area contributed by atoms with Gasteiger partial charge >= 0.3 is 0 Å². The number of hydrogen-bond acceptors (Lipinski definition) is 3. The fraction of sp³-hybridized carbons (Fsp3) is 0.588. The molecule has 0 saturated carbocycles. The van der Waals surface area contributed by atoms with Gasteiger partial charge in [-0.1, -0.05) is 25.5 Å². The van der Waals surface area contributed by atoms with E-state index < -0.39 is 0 Å². The van der Waals surface area contributed by atoms with Gasteiger partial charge in [0.25, 0.3) is 0 Å². The normalized spacial score (nSPS) is 15.7. The summed E-state index contributed by atoms with van der Waals surface area (Å²) < 4.78 is 0. The molecule has 1 heterocycles. The average Bonchev–Trinajstić information content (AvgIpc) is 2.59. The molecule has 0 radical (unpaired) electrons. The van der Waals surface area contributed by atoms with Gasteiger partial charge in [-0.2, -0.15) is 11.8 Å². The Morgan fingerprint density at radius 1 is 1.18 bits per heavy atom. The number of rotatable bonds is 6. The summed E-state index contributed by atoms with van der Waals surface area (Å²) in [5, 5.41) is 6.70. The fourth-order valence-corrected chi connectivity index (χ4v) is 3.34. The molecule has 1 fully saturated rings. The molecule has 122 valence electrons. The van der Waals surface area contributed by atoms with Crippen molar-refractivity contribution < 1.29 is 0 Å². The molecule has 0 amide bonds. The van der Waals surface area contributed by atoms with Gasteiger partial charge in [-0.15, -0.1) is 0 Å². The summed E-state index contributed by atoms with van der Waals surface area (Å²) in [6.07, 6.45) is 2.37. The molecule has 1 saturated heterocycles. The largest absolute Gasteiger partial charge is 0.370 e. The van der Waals surface area contributed by atoms with Gasteiger partial charge in [0.05, 0.1) is 0 Å². The summed E-state index contributed by atoms with van der Waals surface area (Å²) >= 11 is 2.05. The highest BCUT2D eigenvalue weighted by Crippen LogP contribution is 2.19. The van der Waals surface area contributed by atoms with E-state index in [4.69, 9.17) is 0 Å². The molecular weight excluding hydrogens is 292 g/mol. The van der Waals surface area contributed by atoms with Crippen LogP contribution in [0.3, 0.4) is 0 Å². The van der Waals surface area contributed by atoms with E-state index in [0.717, 1.165) is 32.1 Å². The van der Waals surface area contributed by atoms with Crippen molar-refractivity contribution in [3.8, 4) is 0 Å². The van der Waals surface area contributed by atoms with Crippen molar-refractivity contribution in [2.75, 3.05) is 43.1 Å². The molecule has 5 heteroatoms. The zero-order chi connectivity index (χ0) is 15.6. The minimum atomic E-state index is 0.807. The van der Waals surface area contributed by atoms with E-state index in [1.165, 1.54) is 35.6 Å². The molecule has 0 atom stereocenters. The van der Waals surface area contributed by atoms with Crippen molar-refractivity contribution in [3.63, 3.8) is 0 Å². The van der Waals surface area contributed by atoms with Crippen LogP contribution in [0.4, 0.5) is 5.69 Å². The van der Waals surface area contributed by atoms with Crippen LogP contribution in [-0.2, 0) is 6.54 Å². The van der Waals surface area contributed by atoms with E-state index in [1.54, 1.807) is 0 Å². The Kier molecular flexibility index (Phi) is 7.43. The highest BCUT2D eigenvalue weighted by atomic mass is 32.2. The van der Waals surface area contributed by atoms with Crippen LogP contribution in [0.1, 0.15) is 25.3 Å². The van der Waals surface area contributed by atoms with Crippen molar-refractivity contribution in [2.24, 2.45) is 4.99 Å². The summed E-state index contributed by atoms with van der Waals surface area (Å²) in [7, 11) is 1.82. The van der Waals surface area contributed by atoms with Gasteiger partial charge in [0.2, 0.25) is 0 Å². The standard InChI is InChI=1S/C17H28N4S/c1-3-4-9-19-17(18-2)20-14-15-5-7-16(8-6-15)21-10-12-22-13-11-21/h5-8H,3-4,9-14H2,1-2H3,(H2,18,19,20). The third-order valence-corrected chi connectivity index (χ3v) is 4.76. The van der Waals surface area contributed by atoms with Crippen molar-refractivity contribution in [2.45, 2.75) is 26.3 Å². The summed E-state index contributed by atoms with van der Waals surface area (Å²) in [5.41, 5.74) is 2.63. The fourth-order valence-electron chi connectivity index (χ4n) is 2.44. The highest BCUT2D eigenvalue weighted by molar-refractivity contribution is 7.99. The lowest BCUT2D eigenvalue weighted by Gasteiger charge is -2.28. The first-order chi connectivity index (χ1) is 10.8. The highest BCUT2D eigenvalue weighted by Gasteiger charge is 2.10. The van der Waals surface area contributed by atoms with Crippen LogP contribution in [0, 0.1) is 0 Å². The number of guanidine groups is 1. The minimum absolute atomic E-state index is 0.807. The summed E-state index contributed by atoms with van der Waals surface area (Å²) in [4.78, 5) is 6.72. The third-order valence-electron chi connectivity index (χ3n) is 3.82. The number of unbranched alkanes of at least 4 members (excludes halogenated alkanes) is 1. The SMILES string of the molecule is CCCCNC(=NC)NCc1ccc(N2CCSCC2)cc1. The number of nitrogens with one attached hydrogen (secondary N) is 2. The van der Waals surface area contributed by atoms with Crippen LogP contribution in [0.5, 0.6) is 0 Å². The first kappa shape index (κ1) is 17.0. The number of anilines is 1. The van der Waals surface area contributed by atoms with Gasteiger partial charge in [-0.25, -0.2) is 0 Å². The maximum absolute atomic E-state index is 4.25. The van der Waals surface area contributed by atoms with Crippen molar-refractivity contribution in [3.05, 3.63) is 29.8 Å². The van der Waals surface area contributed by atoms with Crippen LogP contribution >= 0.6 is 11.8 Å². The van der Waals surface area contributed by atoms with E-state index >= 15 is 0 Å². The number of hydrogen-bond donors (Lipinski definition) is 2. The van der Waals surface area contributed by atoms with E-state index in [2.05, 4.69) is 51.7 Å². The minimum Gasteiger partial charge on any atom is -0.370 e. The maximum Gasteiger partial charge on any atom is 0.191 e. The lowest BCUT2D eigenvalue weighted by molar-refractivity contribution is 0.729. The Balaban J connectivity index is 1.80. The average molecular weight is 321 g/mol. The predicted molar refractivity (Wildman–Crippen MR) is 99.1 cm³/mol. The first-order valence-corrected chi connectivity index (χ1v) is 9.35. The second-order valence-electron chi connectivity index (χ2n) is 5.47. The van der Waals surface area contributed by atoms with Gasteiger partial charge in [0.1, 0.15) is 0 Å². The van der Waals surface area contributed by atoms with Crippen molar-refractivity contribution in [1.82, 2.24) is 10.6 Å². The molecule has 1 aromatic rings. The molecule has 0 aromatic heterocycles. The quantitative estimate of drug-likeness (QED) is 0.480. The van der Waals surface area contributed by atoms with E-state index in [1.807, 2.05) is 18.8 Å². The zero-order valence-corrected chi connectivity index (χ0v) is 14.6. The molecule has 2 N–H and O–H groups in total. The predicted octanol–water partition coefficient (Wildman–Crippen LogP) is 2.70. The van der Waals surface area contributed by atoms with Crippen molar-refractivity contribution >= 4 is 23.4 Å². The Morgan fingerprint density at radius 2 is 1.91 bits per heavy atom. The summed E-state index contributed by atoms with van der Waals surface area (Å²) in [6.45, 7) is 6.30. The number of benzene rings is 1. The lowest BCUT2D eigenvalue weighted by atomic mass is 10.2. The molecule has 1 aliphatic heterocycles. The monoisotopic (exact) mass is 320 g/mol. The van der Waals surface area contributed by atoms with Gasteiger partial charge in [-0.3, -0.25) is 4.99 Å². The summed E-state index contributed by atoms with van der Waals surface area (Å²) in [6, 6.07) is 8.90. The topological polar surface area (TPSA) is 39.7 Å². The van der Waals surface area contributed by atoms with Gasteiger partial charge < -0.3 is 15.5 Å². The van der Waals surface area contributed by atoms with Gasteiger partial charge in [0.15, 0.2) is 5.96 Å². The molecule has 22 heavy (non-hydrogen) atoms. The van der Waals surface area contributed by atoms with Crippen molar-refractivity contribution in [1.29, 1.82) is 0 Å². The second-order valence-corrected chi connectivity index (χ2v) is 6.70. The molecule has 0 unspecified atom stereocenters. The zero-order valence-electron chi connectivity index (χ0n) is 13.8. The number of aliphatic imine (C=N–C) groups is 1. The van der Waals surface area contributed by atoms with Crippen LogP contribution in [0.15, 0.2) is 29.3 Å². The summed E-state index contributed by atoms with van der Waals surface area (Å²) in [5.74, 6) is 3.36. The lowest BCUT2D eigenvalue weighted by Crippen LogP contribution is -2.37. The molecule has 0 bridgehead atoms. The van der Waals surface area contributed by atoms with Gasteiger partial charge in [-0.05, 0) is 24.1 Å². The smallest absolute Gasteiger partial charge is 0.191 e. The van der Waals surface area contributed by atoms with Crippen LogP contribution < -0.4 is 15.5 Å². The molecule has 1 aromatic carbocycles. The van der Waals surface area contributed by atoms with Crippen LogP contribution in [0.2, 0.25) is 0 Å². The number of nitrogens with zero attached hydrogens (tertiary/aromatic N) is 2. The van der Waals surface area contributed by atoms with Crippen LogP contribution in [0.25, 0.3) is 0 Å². The Labute approximate surface area is 138 Å². The van der Waals surface area contributed by atoms with E-state index in [0.29, 0.717) is 0 Å². The molecule has 0 spiro atoms. The maximum atomic E-state index is 4.25. The molecule has 0 aliphatic carbocycles. The van der Waals surface area contributed by atoms with E-state index in [-0.39, 0.29) is 0 Å². The molecule has 1 aliphatic rings. The molecular formula is C17H28N4S. The van der Waals surface area contributed by atoms with Crippen LogP contribution in [-0.4, -0.2) is 44.1 Å². The third kappa shape index (κ3) is 5.44. The Bertz CT molecular complexity index is 452.